The average molecular weight is 381 g/mol. The van der Waals surface area contributed by atoms with E-state index in [1.807, 2.05) is 48.7 Å². The van der Waals surface area contributed by atoms with Crippen molar-refractivity contribution in [1.29, 1.82) is 0 Å². The first-order valence-electron chi connectivity index (χ1n) is 8.05. The van der Waals surface area contributed by atoms with Gasteiger partial charge in [0.25, 0.3) is 10.6 Å². The summed E-state index contributed by atoms with van der Waals surface area (Å²) in [6, 6.07) is 15.1. The van der Waals surface area contributed by atoms with Crippen LogP contribution >= 0.6 is 23.1 Å². The average Bonchev–Trinajstić information content (AvgIpc) is 3.09. The number of aromatic amines is 1. The quantitative estimate of drug-likeness (QED) is 0.328. The predicted octanol–water partition coefficient (Wildman–Crippen LogP) is 4.14. The van der Waals surface area contributed by atoms with E-state index in [2.05, 4.69) is 9.97 Å². The van der Waals surface area contributed by atoms with Gasteiger partial charge in [-0.3, -0.25) is 4.79 Å². The summed E-state index contributed by atoms with van der Waals surface area (Å²) >= 11 is 2.82. The van der Waals surface area contributed by atoms with E-state index in [1.165, 1.54) is 29.3 Å². The highest BCUT2D eigenvalue weighted by Gasteiger charge is 2.18. The highest BCUT2D eigenvalue weighted by molar-refractivity contribution is 7.99. The fourth-order valence-electron chi connectivity index (χ4n) is 2.73. The number of thioether (sulfide) groups is 1. The Bertz CT molecular complexity index is 1120. The normalized spacial score (nSPS) is 12.3. The largest absolute Gasteiger partial charge is 0.618 e. The van der Waals surface area contributed by atoms with Crippen molar-refractivity contribution in [3.05, 3.63) is 81.5 Å². The number of rotatable bonds is 4. The number of hydrogen-bond donors (Lipinski definition) is 1. The van der Waals surface area contributed by atoms with Crippen LogP contribution in [0.2, 0.25) is 0 Å². The molecule has 1 N–H and O–H groups in total. The fraction of sp³-hybridized carbons (Fsp3) is 0.105. The fourth-order valence-corrected chi connectivity index (χ4v) is 4.59. The number of nitrogens with one attached hydrogen (secondary N) is 1. The van der Waals surface area contributed by atoms with Crippen molar-refractivity contribution in [2.75, 3.05) is 0 Å². The lowest BCUT2D eigenvalue weighted by molar-refractivity contribution is -0.645. The van der Waals surface area contributed by atoms with E-state index in [0.29, 0.717) is 21.1 Å². The minimum Gasteiger partial charge on any atom is -0.618 e. The number of fused-ring (bicyclic) bond motifs is 1. The Morgan fingerprint density at radius 1 is 1.19 bits per heavy atom. The number of pyridine rings is 1. The second kappa shape index (κ2) is 6.93. The van der Waals surface area contributed by atoms with Crippen LogP contribution < -0.4 is 10.3 Å². The molecule has 0 bridgehead atoms. The van der Waals surface area contributed by atoms with Gasteiger partial charge in [0.2, 0.25) is 0 Å². The number of nitrogens with zero attached hydrogens (tertiary/aromatic N) is 2. The molecule has 0 aliphatic rings. The molecule has 0 fully saturated rings. The van der Waals surface area contributed by atoms with Crippen molar-refractivity contribution in [1.82, 2.24) is 9.97 Å². The van der Waals surface area contributed by atoms with Crippen LogP contribution in [0.1, 0.15) is 18.0 Å². The van der Waals surface area contributed by atoms with Crippen LogP contribution in [0.4, 0.5) is 0 Å². The Hall–Kier alpha value is -2.64. The van der Waals surface area contributed by atoms with Crippen LogP contribution in [0.25, 0.3) is 21.3 Å². The van der Waals surface area contributed by atoms with Gasteiger partial charge >= 0.3 is 0 Å². The van der Waals surface area contributed by atoms with Crippen LogP contribution in [0.15, 0.2) is 69.9 Å². The Labute approximate surface area is 157 Å². The maximum Gasteiger partial charge on any atom is 0.260 e. The molecule has 0 amide bonds. The third kappa shape index (κ3) is 3.11. The zero-order chi connectivity index (χ0) is 18.1. The minimum absolute atomic E-state index is 0.152. The van der Waals surface area contributed by atoms with Gasteiger partial charge < -0.3 is 10.2 Å². The molecule has 4 rings (SSSR count). The van der Waals surface area contributed by atoms with E-state index in [1.54, 1.807) is 12.1 Å². The highest BCUT2D eigenvalue weighted by atomic mass is 32.2. The molecule has 0 spiro atoms. The van der Waals surface area contributed by atoms with Crippen molar-refractivity contribution in [2.45, 2.75) is 17.2 Å². The van der Waals surface area contributed by atoms with Gasteiger partial charge in [-0.1, -0.05) is 30.3 Å². The minimum atomic E-state index is -0.156. The van der Waals surface area contributed by atoms with Crippen LogP contribution in [0.3, 0.4) is 0 Å². The molecule has 3 heterocycles. The first kappa shape index (κ1) is 16.8. The Morgan fingerprint density at radius 3 is 2.73 bits per heavy atom. The van der Waals surface area contributed by atoms with Gasteiger partial charge in [-0.05, 0) is 30.3 Å². The Morgan fingerprint density at radius 2 is 1.96 bits per heavy atom. The summed E-state index contributed by atoms with van der Waals surface area (Å²) in [5, 5.41) is 14.8. The first-order chi connectivity index (χ1) is 12.6. The van der Waals surface area contributed by atoms with E-state index >= 15 is 0 Å². The predicted molar refractivity (Wildman–Crippen MR) is 105 cm³/mol. The topological polar surface area (TPSA) is 72.7 Å². The molecule has 3 aromatic heterocycles. The van der Waals surface area contributed by atoms with Crippen LogP contribution in [-0.4, -0.2) is 9.97 Å². The molecule has 1 atom stereocenters. The van der Waals surface area contributed by atoms with Crippen LogP contribution in [-0.2, 0) is 0 Å². The second-order valence-corrected chi connectivity index (χ2v) is 7.99. The highest BCUT2D eigenvalue weighted by Crippen LogP contribution is 2.34. The van der Waals surface area contributed by atoms with Crippen LogP contribution in [0.5, 0.6) is 0 Å². The van der Waals surface area contributed by atoms with E-state index < -0.39 is 0 Å². The molecule has 0 saturated carbocycles. The zero-order valence-corrected chi connectivity index (χ0v) is 15.5. The molecule has 130 valence electrons. The van der Waals surface area contributed by atoms with E-state index in [9.17, 15) is 10.0 Å². The monoisotopic (exact) mass is 381 g/mol. The smallest absolute Gasteiger partial charge is 0.260 e. The first-order valence-corrected chi connectivity index (χ1v) is 9.81. The second-order valence-electron chi connectivity index (χ2n) is 5.77. The van der Waals surface area contributed by atoms with Gasteiger partial charge in [0.05, 0.1) is 10.6 Å². The van der Waals surface area contributed by atoms with Crippen LogP contribution in [0, 0.1) is 5.21 Å². The molecule has 26 heavy (non-hydrogen) atoms. The number of H-pyrrole nitrogens is 1. The Kier molecular flexibility index (Phi) is 4.48. The summed E-state index contributed by atoms with van der Waals surface area (Å²) in [6.07, 6.45) is 1.46. The molecule has 0 aliphatic heterocycles. The molecule has 1 unspecified atom stereocenters. The molecular formula is C19H15N3O2S2. The summed E-state index contributed by atoms with van der Waals surface area (Å²) in [7, 11) is 0. The number of aromatic nitrogens is 3. The third-order valence-electron chi connectivity index (χ3n) is 4.02. The molecule has 0 radical (unpaired) electrons. The molecule has 4 aromatic rings. The van der Waals surface area contributed by atoms with E-state index in [-0.39, 0.29) is 10.8 Å². The molecule has 5 nitrogen and oxygen atoms in total. The van der Waals surface area contributed by atoms with Gasteiger partial charge in [0.15, 0.2) is 6.20 Å². The number of hydrogen-bond acceptors (Lipinski definition) is 5. The maximum absolute atomic E-state index is 12.7. The summed E-state index contributed by atoms with van der Waals surface area (Å²) in [4.78, 5) is 21.0. The molecule has 7 heteroatoms. The Balaban J connectivity index is 1.72. The summed E-state index contributed by atoms with van der Waals surface area (Å²) in [5.41, 5.74) is 1.74. The van der Waals surface area contributed by atoms with Crippen molar-refractivity contribution in [2.24, 2.45) is 0 Å². The number of benzene rings is 1. The van der Waals surface area contributed by atoms with E-state index in [0.717, 1.165) is 15.9 Å². The van der Waals surface area contributed by atoms with Crippen molar-refractivity contribution in [3.8, 4) is 11.1 Å². The lowest BCUT2D eigenvalue weighted by atomic mass is 10.1. The summed E-state index contributed by atoms with van der Waals surface area (Å²) in [5.74, 6) is 0.567. The molecule has 0 saturated heterocycles. The van der Waals surface area contributed by atoms with Gasteiger partial charge in [-0.2, -0.15) is 4.73 Å². The number of thiophene rings is 1. The van der Waals surface area contributed by atoms with Crippen molar-refractivity contribution >= 4 is 33.3 Å². The molecular weight excluding hydrogens is 366 g/mol. The van der Waals surface area contributed by atoms with E-state index in [4.69, 9.17) is 0 Å². The van der Waals surface area contributed by atoms with Crippen molar-refractivity contribution < 1.29 is 4.73 Å². The van der Waals surface area contributed by atoms with Crippen molar-refractivity contribution in [3.63, 3.8) is 0 Å². The summed E-state index contributed by atoms with van der Waals surface area (Å²) < 4.78 is 0.816. The lowest BCUT2D eigenvalue weighted by Gasteiger charge is -2.10. The van der Waals surface area contributed by atoms with Gasteiger partial charge in [0.1, 0.15) is 10.7 Å². The molecule has 0 aliphatic carbocycles. The third-order valence-corrected chi connectivity index (χ3v) is 6.02. The van der Waals surface area contributed by atoms with Gasteiger partial charge in [-0.15, -0.1) is 11.3 Å². The molecule has 1 aromatic carbocycles. The van der Waals surface area contributed by atoms with Gasteiger partial charge in [0, 0.05) is 23.1 Å². The SMILES string of the molecule is CC(Sc1cccc[n+]1[O-])c1nc2scc(-c3ccccc3)c2c(=O)[nH]1. The zero-order valence-electron chi connectivity index (χ0n) is 13.9. The summed E-state index contributed by atoms with van der Waals surface area (Å²) in [6.45, 7) is 1.92. The lowest BCUT2D eigenvalue weighted by Crippen LogP contribution is -2.28. The van der Waals surface area contributed by atoms with Gasteiger partial charge in [-0.25, -0.2) is 4.98 Å². The standard InChI is InChI=1S/C19H15N3O2S2/c1-12(26-15-9-5-6-10-22(15)24)17-20-18(23)16-14(11-25-19(16)21-17)13-7-3-2-4-8-13/h2-12H,1H3,(H,20,21,23). The maximum atomic E-state index is 12.7.